The number of pyridine rings is 1. The van der Waals surface area contributed by atoms with Crippen molar-refractivity contribution in [2.45, 2.75) is 19.1 Å². The van der Waals surface area contributed by atoms with E-state index in [9.17, 15) is 19.1 Å². The highest BCUT2D eigenvalue weighted by Gasteiger charge is 2.22. The normalized spacial score (nSPS) is 11.3. The van der Waals surface area contributed by atoms with Crippen LogP contribution in [0, 0.1) is 17.7 Å². The van der Waals surface area contributed by atoms with Crippen LogP contribution in [0.3, 0.4) is 0 Å². The van der Waals surface area contributed by atoms with E-state index in [-0.39, 0.29) is 24.5 Å². The first kappa shape index (κ1) is 26.2. The maximum atomic E-state index is 13.1. The Kier molecular flexibility index (Phi) is 7.84. The molecule has 5 rings (SSSR count). The van der Waals surface area contributed by atoms with E-state index >= 15 is 0 Å². The van der Waals surface area contributed by atoms with Crippen molar-refractivity contribution >= 4 is 17.5 Å². The molecule has 0 saturated heterocycles. The number of halogens is 1. The van der Waals surface area contributed by atoms with E-state index < -0.39 is 17.9 Å². The summed E-state index contributed by atoms with van der Waals surface area (Å²) >= 11 is 0. The number of nitrogens with zero attached hydrogens (tertiary/aromatic N) is 2. The van der Waals surface area contributed by atoms with Crippen LogP contribution in [0.25, 0.3) is 5.65 Å². The molecule has 198 valence electrons. The van der Waals surface area contributed by atoms with Gasteiger partial charge >= 0.3 is 5.97 Å². The summed E-state index contributed by atoms with van der Waals surface area (Å²) in [6.07, 6.45) is 3.37. The molecule has 7 nitrogen and oxygen atoms in total. The van der Waals surface area contributed by atoms with Gasteiger partial charge in [0, 0.05) is 29.9 Å². The van der Waals surface area contributed by atoms with Crippen LogP contribution in [-0.2, 0) is 17.8 Å². The second kappa shape index (κ2) is 12.0. The minimum absolute atomic E-state index is 0.0753. The topological polar surface area (TPSA) is 92.9 Å². The Bertz CT molecular complexity index is 1700. The lowest BCUT2D eigenvalue weighted by molar-refractivity contribution is -0.139. The number of hydrogen-bond donors (Lipinski definition) is 2. The van der Waals surface area contributed by atoms with Crippen molar-refractivity contribution in [3.8, 4) is 17.6 Å². The predicted molar refractivity (Wildman–Crippen MR) is 147 cm³/mol. The van der Waals surface area contributed by atoms with Crippen LogP contribution < -0.4 is 10.1 Å². The third-order valence-corrected chi connectivity index (χ3v) is 6.10. The van der Waals surface area contributed by atoms with Crippen molar-refractivity contribution in [3.05, 3.63) is 137 Å². The number of carboxylic acids is 1. The fraction of sp³-hybridized carbons (Fsp3) is 0.0938. The SMILES string of the molecule is O=C(NC(Cc1ccc(OCc2ccc(F)cc2)cc1)C(=O)O)c1cn2ccc(C#Cc3ccccc3)cc2n1. The third-order valence-electron chi connectivity index (χ3n) is 6.10. The molecule has 0 radical (unpaired) electrons. The summed E-state index contributed by atoms with van der Waals surface area (Å²) in [5.74, 6) is 4.69. The molecule has 0 spiro atoms. The van der Waals surface area contributed by atoms with Gasteiger partial charge in [0.25, 0.3) is 5.91 Å². The number of aliphatic carboxylic acids is 1. The minimum Gasteiger partial charge on any atom is -0.489 e. The van der Waals surface area contributed by atoms with Crippen LogP contribution in [0.15, 0.2) is 103 Å². The summed E-state index contributed by atoms with van der Waals surface area (Å²) in [5, 5.41) is 12.3. The average Bonchev–Trinajstić information content (AvgIpc) is 3.40. The molecule has 1 unspecified atom stereocenters. The van der Waals surface area contributed by atoms with Gasteiger partial charge in [-0.3, -0.25) is 4.79 Å². The van der Waals surface area contributed by atoms with E-state index in [1.54, 1.807) is 59.3 Å². The van der Waals surface area contributed by atoms with Gasteiger partial charge in [-0.05, 0) is 59.7 Å². The zero-order valence-electron chi connectivity index (χ0n) is 21.3. The number of carbonyl (C=O) groups is 2. The van der Waals surface area contributed by atoms with Crippen LogP contribution >= 0.6 is 0 Å². The van der Waals surface area contributed by atoms with Gasteiger partial charge in [0.15, 0.2) is 0 Å². The van der Waals surface area contributed by atoms with E-state index in [2.05, 4.69) is 22.1 Å². The number of nitrogens with one attached hydrogen (secondary N) is 1. The largest absolute Gasteiger partial charge is 0.489 e. The van der Waals surface area contributed by atoms with Gasteiger partial charge in [0.05, 0.1) is 0 Å². The lowest BCUT2D eigenvalue weighted by Crippen LogP contribution is -2.42. The van der Waals surface area contributed by atoms with Crippen LogP contribution in [0.2, 0.25) is 0 Å². The molecule has 0 aliphatic rings. The summed E-state index contributed by atoms with van der Waals surface area (Å²) in [7, 11) is 0. The first-order chi connectivity index (χ1) is 19.4. The van der Waals surface area contributed by atoms with Crippen molar-refractivity contribution in [2.75, 3.05) is 0 Å². The molecule has 1 atom stereocenters. The third kappa shape index (κ3) is 6.71. The Morgan fingerprint density at radius 3 is 2.35 bits per heavy atom. The number of hydrogen-bond acceptors (Lipinski definition) is 4. The van der Waals surface area contributed by atoms with E-state index in [1.807, 2.05) is 36.4 Å². The number of carboxylic acid groups (broad SMARTS) is 1. The molecule has 2 N–H and O–H groups in total. The van der Waals surface area contributed by atoms with Crippen LogP contribution in [0.4, 0.5) is 4.39 Å². The maximum absolute atomic E-state index is 13.1. The van der Waals surface area contributed by atoms with Crippen molar-refractivity contribution in [3.63, 3.8) is 0 Å². The van der Waals surface area contributed by atoms with E-state index in [4.69, 9.17) is 4.74 Å². The number of rotatable bonds is 8. The van der Waals surface area contributed by atoms with E-state index in [1.165, 1.54) is 12.1 Å². The highest BCUT2D eigenvalue weighted by atomic mass is 19.1. The Morgan fingerprint density at radius 2 is 1.62 bits per heavy atom. The highest BCUT2D eigenvalue weighted by Crippen LogP contribution is 2.16. The quantitative estimate of drug-likeness (QED) is 0.278. The maximum Gasteiger partial charge on any atom is 0.326 e. The molecule has 1 amide bonds. The fourth-order valence-corrected chi connectivity index (χ4v) is 3.97. The molecule has 5 aromatic rings. The Labute approximate surface area is 229 Å². The van der Waals surface area contributed by atoms with E-state index in [0.29, 0.717) is 17.0 Å². The van der Waals surface area contributed by atoms with Crippen LogP contribution in [-0.4, -0.2) is 32.4 Å². The van der Waals surface area contributed by atoms with Gasteiger partial charge in [-0.1, -0.05) is 54.3 Å². The van der Waals surface area contributed by atoms with Gasteiger partial charge in [-0.25, -0.2) is 14.2 Å². The lowest BCUT2D eigenvalue weighted by atomic mass is 10.1. The molecule has 0 aliphatic heterocycles. The molecule has 3 aromatic carbocycles. The highest BCUT2D eigenvalue weighted by molar-refractivity contribution is 5.95. The van der Waals surface area contributed by atoms with E-state index in [0.717, 1.165) is 16.7 Å². The summed E-state index contributed by atoms with van der Waals surface area (Å²) in [6.45, 7) is 0.271. The summed E-state index contributed by atoms with van der Waals surface area (Å²) in [6, 6.07) is 25.0. The van der Waals surface area contributed by atoms with Gasteiger partial charge in [0.2, 0.25) is 0 Å². The van der Waals surface area contributed by atoms with Crippen molar-refractivity contribution in [2.24, 2.45) is 0 Å². The zero-order chi connectivity index (χ0) is 27.9. The molecule has 2 aromatic heterocycles. The van der Waals surface area contributed by atoms with Crippen LogP contribution in [0.5, 0.6) is 5.75 Å². The number of carbonyl (C=O) groups excluding carboxylic acids is 1. The Morgan fingerprint density at radius 1 is 0.925 bits per heavy atom. The number of amides is 1. The minimum atomic E-state index is -1.16. The smallest absolute Gasteiger partial charge is 0.326 e. The fourth-order valence-electron chi connectivity index (χ4n) is 3.97. The molecule has 0 fully saturated rings. The second-order valence-corrected chi connectivity index (χ2v) is 9.05. The molecule has 40 heavy (non-hydrogen) atoms. The van der Waals surface area contributed by atoms with Crippen molar-refractivity contribution < 1.29 is 23.8 Å². The summed E-state index contributed by atoms with van der Waals surface area (Å²) in [4.78, 5) is 29.2. The van der Waals surface area contributed by atoms with Gasteiger partial charge < -0.3 is 19.6 Å². The second-order valence-electron chi connectivity index (χ2n) is 9.05. The number of fused-ring (bicyclic) bond motifs is 1. The first-order valence-electron chi connectivity index (χ1n) is 12.5. The van der Waals surface area contributed by atoms with Gasteiger partial charge in [0.1, 0.15) is 35.6 Å². The number of aromatic nitrogens is 2. The Hall–Kier alpha value is -5.42. The molecule has 0 bridgehead atoms. The molecule has 0 saturated carbocycles. The molecular formula is C32H24FN3O4. The van der Waals surface area contributed by atoms with Crippen LogP contribution in [0.1, 0.15) is 32.7 Å². The average molecular weight is 534 g/mol. The van der Waals surface area contributed by atoms with Gasteiger partial charge in [-0.2, -0.15) is 0 Å². The first-order valence-corrected chi connectivity index (χ1v) is 12.5. The number of benzene rings is 3. The van der Waals surface area contributed by atoms with Gasteiger partial charge in [-0.15, -0.1) is 0 Å². The molecule has 8 heteroatoms. The number of imidazole rings is 1. The van der Waals surface area contributed by atoms with Crippen molar-refractivity contribution in [1.29, 1.82) is 0 Å². The molecular weight excluding hydrogens is 509 g/mol. The zero-order valence-corrected chi connectivity index (χ0v) is 21.3. The molecule has 0 aliphatic carbocycles. The summed E-state index contributed by atoms with van der Waals surface area (Å²) < 4.78 is 20.4. The predicted octanol–water partition coefficient (Wildman–Crippen LogP) is 4.88. The molecule has 2 heterocycles. The Balaban J connectivity index is 1.21. The number of ether oxygens (including phenoxy) is 1. The lowest BCUT2D eigenvalue weighted by Gasteiger charge is -2.14. The van der Waals surface area contributed by atoms with Crippen molar-refractivity contribution in [1.82, 2.24) is 14.7 Å². The summed E-state index contributed by atoms with van der Waals surface area (Å²) in [5.41, 5.74) is 3.78. The standard InChI is InChI=1S/C32H24FN3O4/c33-26-12-8-25(9-13-26)21-40-27-14-10-23(11-15-27)18-28(32(38)39)35-31(37)29-20-36-17-16-24(19-30(36)34-29)7-6-22-4-2-1-3-5-22/h1-5,8-17,19-20,28H,18,21H2,(H,35,37)(H,38,39). The monoisotopic (exact) mass is 533 g/mol.